The minimum absolute atomic E-state index is 0. The van der Waals surface area contributed by atoms with Crippen LogP contribution in [-0.4, -0.2) is 45.9 Å². The van der Waals surface area contributed by atoms with Gasteiger partial charge in [-0.3, -0.25) is 4.79 Å². The minimum Gasteiger partial charge on any atom is -0.372 e. The lowest BCUT2D eigenvalue weighted by atomic mass is 9.93. The normalized spacial score (nSPS) is 13.9. The van der Waals surface area contributed by atoms with Crippen molar-refractivity contribution in [2.75, 3.05) is 26.7 Å². The number of nitrogens with one attached hydrogen (secondary N) is 1. The average molecular weight is 392 g/mol. The lowest BCUT2D eigenvalue weighted by Crippen LogP contribution is -2.44. The number of benzene rings is 1. The second-order valence-electron chi connectivity index (χ2n) is 6.87. The highest BCUT2D eigenvalue weighted by Crippen LogP contribution is 2.23. The van der Waals surface area contributed by atoms with Crippen LogP contribution < -0.4 is 10.5 Å². The van der Waals surface area contributed by atoms with Crippen molar-refractivity contribution in [3.8, 4) is 0 Å². The van der Waals surface area contributed by atoms with E-state index in [9.17, 15) is 13.2 Å². The number of carbonyl (C=O) groups excluding carboxylic acids is 1. The van der Waals surface area contributed by atoms with Crippen LogP contribution >= 0.6 is 12.4 Å². The van der Waals surface area contributed by atoms with Crippen molar-refractivity contribution >= 4 is 28.3 Å². The van der Waals surface area contributed by atoms with Crippen molar-refractivity contribution in [1.82, 2.24) is 9.62 Å². The quantitative estimate of drug-likeness (QED) is 0.717. The van der Waals surface area contributed by atoms with Gasteiger partial charge in [-0.15, -0.1) is 12.4 Å². The van der Waals surface area contributed by atoms with Crippen molar-refractivity contribution in [2.45, 2.75) is 32.0 Å². The summed E-state index contributed by atoms with van der Waals surface area (Å²) < 4.78 is 32.4. The highest BCUT2D eigenvalue weighted by molar-refractivity contribution is 7.89. The zero-order valence-corrected chi connectivity index (χ0v) is 16.4. The third-order valence-corrected chi connectivity index (χ3v) is 5.46. The Labute approximate surface area is 155 Å². The second-order valence-corrected chi connectivity index (χ2v) is 8.63. The Morgan fingerprint density at radius 3 is 2.60 bits per heavy atom. The van der Waals surface area contributed by atoms with Crippen LogP contribution in [0.5, 0.6) is 0 Å². The number of rotatable bonds is 7. The molecule has 0 aliphatic carbocycles. The lowest BCUT2D eigenvalue weighted by Gasteiger charge is -2.29. The van der Waals surface area contributed by atoms with E-state index in [2.05, 4.69) is 4.72 Å². The Balaban J connectivity index is 0.00000312. The molecule has 1 aliphatic rings. The Bertz CT molecular complexity index is 722. The number of nitrogens with two attached hydrogens (primary N) is 1. The molecule has 0 radical (unpaired) electrons. The first-order valence-corrected chi connectivity index (χ1v) is 9.26. The third-order valence-electron chi connectivity index (χ3n) is 4.06. The topological polar surface area (TPSA) is 102 Å². The van der Waals surface area contributed by atoms with E-state index < -0.39 is 10.0 Å². The van der Waals surface area contributed by atoms with Gasteiger partial charge in [-0.1, -0.05) is 19.9 Å². The van der Waals surface area contributed by atoms with Crippen LogP contribution in [0, 0.1) is 5.41 Å². The summed E-state index contributed by atoms with van der Waals surface area (Å²) in [7, 11) is -2.10. The molecule has 2 rings (SSSR count). The number of hydrogen-bond donors (Lipinski definition) is 2. The first kappa shape index (κ1) is 21.9. The van der Waals surface area contributed by atoms with E-state index in [1.807, 2.05) is 13.8 Å². The van der Waals surface area contributed by atoms with Crippen molar-refractivity contribution in [1.29, 1.82) is 0 Å². The predicted molar refractivity (Wildman–Crippen MR) is 97.8 cm³/mol. The Kier molecular flexibility index (Phi) is 7.40. The van der Waals surface area contributed by atoms with E-state index in [-0.39, 0.29) is 35.2 Å². The number of likely N-dealkylation sites (N-methyl/N-ethyl adjacent to an activating group) is 1. The molecule has 7 nitrogen and oxygen atoms in total. The van der Waals surface area contributed by atoms with Gasteiger partial charge in [0.1, 0.15) is 0 Å². The molecule has 1 heterocycles. The predicted octanol–water partition coefficient (Wildman–Crippen LogP) is 0.860. The molecule has 3 N–H and O–H groups in total. The van der Waals surface area contributed by atoms with Crippen LogP contribution in [0.25, 0.3) is 0 Å². The summed E-state index contributed by atoms with van der Waals surface area (Å²) in [4.78, 5) is 13.8. The van der Waals surface area contributed by atoms with Crippen molar-refractivity contribution < 1.29 is 17.9 Å². The summed E-state index contributed by atoms with van der Waals surface area (Å²) in [5.41, 5.74) is 7.30. The molecule has 0 fully saturated rings. The monoisotopic (exact) mass is 391 g/mol. The van der Waals surface area contributed by atoms with Gasteiger partial charge in [0.15, 0.2) is 0 Å². The van der Waals surface area contributed by atoms with E-state index >= 15 is 0 Å². The van der Waals surface area contributed by atoms with Crippen molar-refractivity contribution in [3.63, 3.8) is 0 Å². The fraction of sp³-hybridized carbons (Fsp3) is 0.562. The van der Waals surface area contributed by atoms with E-state index in [1.165, 1.54) is 11.0 Å². The van der Waals surface area contributed by atoms with Gasteiger partial charge >= 0.3 is 0 Å². The Morgan fingerprint density at radius 1 is 1.32 bits per heavy atom. The van der Waals surface area contributed by atoms with Gasteiger partial charge in [-0.25, -0.2) is 13.1 Å². The summed E-state index contributed by atoms with van der Waals surface area (Å²) in [6.07, 6.45) is 0. The molecular formula is C16H26ClN3O4S. The molecule has 0 saturated carbocycles. The number of ether oxygens (including phenoxy) is 1. The maximum absolute atomic E-state index is 12.4. The lowest BCUT2D eigenvalue weighted by molar-refractivity contribution is -0.129. The largest absolute Gasteiger partial charge is 0.372 e. The number of nitrogens with zero attached hydrogens (tertiary/aromatic N) is 1. The van der Waals surface area contributed by atoms with Crippen LogP contribution in [0.4, 0.5) is 0 Å². The molecule has 0 atom stereocenters. The maximum Gasteiger partial charge on any atom is 0.241 e. The highest BCUT2D eigenvalue weighted by Gasteiger charge is 2.23. The number of hydrogen-bond acceptors (Lipinski definition) is 5. The molecule has 0 bridgehead atoms. The fourth-order valence-corrected chi connectivity index (χ4v) is 3.51. The molecule has 1 aromatic carbocycles. The van der Waals surface area contributed by atoms with E-state index in [1.54, 1.807) is 19.2 Å². The van der Waals surface area contributed by atoms with E-state index in [0.29, 0.717) is 26.3 Å². The molecule has 0 unspecified atom stereocenters. The summed E-state index contributed by atoms with van der Waals surface area (Å²) in [6.45, 7) is 5.43. The summed E-state index contributed by atoms with van der Waals surface area (Å²) in [6, 6.07) is 4.87. The van der Waals surface area contributed by atoms with Gasteiger partial charge < -0.3 is 15.4 Å². The highest BCUT2D eigenvalue weighted by atomic mass is 35.5. The fourth-order valence-electron chi connectivity index (χ4n) is 2.49. The first-order valence-electron chi connectivity index (χ1n) is 7.78. The second kappa shape index (κ2) is 8.46. The SMILES string of the molecule is CN(CC(C)(C)CN)C(=O)CNS(=O)(=O)c1ccc2c(c1)COC2.Cl. The molecule has 1 aliphatic heterocycles. The molecular weight excluding hydrogens is 366 g/mol. The first-order chi connectivity index (χ1) is 11.1. The van der Waals surface area contributed by atoms with Gasteiger partial charge in [-0.05, 0) is 35.2 Å². The standard InChI is InChI=1S/C16H25N3O4S.ClH/c1-16(2,10-17)11-19(3)15(20)7-18-24(21,22)14-5-4-12-8-23-9-13(12)6-14;/h4-6,18H,7-11,17H2,1-3H3;1H. The summed E-state index contributed by atoms with van der Waals surface area (Å²) >= 11 is 0. The van der Waals surface area contributed by atoms with Crippen LogP contribution in [0.3, 0.4) is 0 Å². The number of fused-ring (bicyclic) bond motifs is 1. The molecule has 142 valence electrons. The Hall–Kier alpha value is -1.19. The van der Waals surface area contributed by atoms with Crippen molar-refractivity contribution in [3.05, 3.63) is 29.3 Å². The molecule has 1 aromatic rings. The smallest absolute Gasteiger partial charge is 0.241 e. The van der Waals surface area contributed by atoms with Crippen LogP contribution in [-0.2, 0) is 32.8 Å². The number of amides is 1. The molecule has 0 spiro atoms. The molecule has 0 saturated heterocycles. The van der Waals surface area contributed by atoms with Crippen molar-refractivity contribution in [2.24, 2.45) is 11.1 Å². The van der Waals surface area contributed by atoms with Gasteiger partial charge in [0, 0.05) is 13.6 Å². The maximum atomic E-state index is 12.4. The van der Waals surface area contributed by atoms with Gasteiger partial charge in [0.05, 0.1) is 24.7 Å². The third kappa shape index (κ3) is 5.65. The molecule has 25 heavy (non-hydrogen) atoms. The zero-order valence-electron chi connectivity index (χ0n) is 14.7. The molecule has 0 aromatic heterocycles. The van der Waals surface area contributed by atoms with Crippen LogP contribution in [0.15, 0.2) is 23.1 Å². The number of sulfonamides is 1. The minimum atomic E-state index is -3.74. The van der Waals surface area contributed by atoms with Gasteiger partial charge in [-0.2, -0.15) is 0 Å². The van der Waals surface area contributed by atoms with Gasteiger partial charge in [0.2, 0.25) is 15.9 Å². The average Bonchev–Trinajstić information content (AvgIpc) is 2.99. The zero-order chi connectivity index (χ0) is 18.0. The van der Waals surface area contributed by atoms with Crippen LogP contribution in [0.1, 0.15) is 25.0 Å². The van der Waals surface area contributed by atoms with Crippen LogP contribution in [0.2, 0.25) is 0 Å². The summed E-state index contributed by atoms with van der Waals surface area (Å²) in [5, 5.41) is 0. The number of halogens is 1. The number of carbonyl (C=O) groups is 1. The Morgan fingerprint density at radius 2 is 1.96 bits per heavy atom. The molecule has 9 heteroatoms. The van der Waals surface area contributed by atoms with Gasteiger partial charge in [0.25, 0.3) is 0 Å². The molecule has 1 amide bonds. The van der Waals surface area contributed by atoms with E-state index in [0.717, 1.165) is 11.1 Å². The van der Waals surface area contributed by atoms with E-state index in [4.69, 9.17) is 10.5 Å². The summed E-state index contributed by atoms with van der Waals surface area (Å²) in [5.74, 6) is -0.301.